The van der Waals surface area contributed by atoms with Crippen LogP contribution in [0, 0.1) is 15.9 Å². The number of para-hydroxylation sites is 1. The lowest BCUT2D eigenvalue weighted by molar-refractivity contribution is 0.284. The molecule has 11 nitrogen and oxygen atoms in total. The Morgan fingerprint density at radius 3 is 2.16 bits per heavy atom. The second kappa shape index (κ2) is 11.6. The summed E-state index contributed by atoms with van der Waals surface area (Å²) >= 11 is 0. The third-order valence-corrected chi connectivity index (χ3v) is 10.9. The van der Waals surface area contributed by atoms with Gasteiger partial charge < -0.3 is 10.1 Å². The molecule has 2 heterocycles. The van der Waals surface area contributed by atoms with Crippen LogP contribution in [-0.2, 0) is 25.5 Å². The number of hydrogen-bond donors (Lipinski definition) is 3. The highest BCUT2D eigenvalue weighted by Gasteiger charge is 2.29. The van der Waals surface area contributed by atoms with Gasteiger partial charge in [-0.2, -0.15) is 0 Å². The van der Waals surface area contributed by atoms with Gasteiger partial charge in [-0.1, -0.05) is 83.1 Å². The largest absolute Gasteiger partial charge is 0.455 e. The van der Waals surface area contributed by atoms with E-state index < -0.39 is 31.0 Å². The third kappa shape index (κ3) is 6.20. The summed E-state index contributed by atoms with van der Waals surface area (Å²) in [6, 6.07) is 21.6. The Hall–Kier alpha value is -5.27. The lowest BCUT2D eigenvalue weighted by Crippen LogP contribution is -2.42. The monoisotopic (exact) mass is 724 g/mol. The second-order valence-corrected chi connectivity index (χ2v) is 18.2. The van der Waals surface area contributed by atoms with Crippen LogP contribution < -0.4 is 35.7 Å². The molecule has 51 heavy (non-hydrogen) atoms. The molecule has 13 heteroatoms. The van der Waals surface area contributed by atoms with E-state index in [1.54, 1.807) is 54.6 Å². The van der Waals surface area contributed by atoms with E-state index in [4.69, 9.17) is 4.74 Å². The number of nitrogens with one attached hydrogen (secondary N) is 3. The molecule has 4 aromatic rings. The molecule has 4 aromatic carbocycles. The van der Waals surface area contributed by atoms with Gasteiger partial charge in [-0.3, -0.25) is 19.0 Å². The molecule has 3 N–H and O–H groups in total. The molecule has 2 aliphatic heterocycles. The summed E-state index contributed by atoms with van der Waals surface area (Å²) in [7, 11) is -8.05. The van der Waals surface area contributed by atoms with Crippen LogP contribution in [0.4, 0.5) is 11.4 Å². The van der Waals surface area contributed by atoms with E-state index in [9.17, 15) is 26.4 Å². The Morgan fingerprint density at radius 2 is 1.49 bits per heavy atom. The number of benzene rings is 4. The fourth-order valence-electron chi connectivity index (χ4n) is 7.32. The predicted octanol–water partition coefficient (Wildman–Crippen LogP) is 5.34. The zero-order valence-electron chi connectivity index (χ0n) is 28.8. The van der Waals surface area contributed by atoms with Crippen molar-refractivity contribution >= 4 is 58.9 Å². The number of ether oxygens (including phenoxy) is 1. The summed E-state index contributed by atoms with van der Waals surface area (Å²) in [4.78, 5) is 32.8. The summed E-state index contributed by atoms with van der Waals surface area (Å²) in [5.41, 5.74) is -0.0983. The number of rotatable bonds is 6. The highest BCUT2D eigenvalue weighted by molar-refractivity contribution is 7.92. The average molecular weight is 725 g/mol. The van der Waals surface area contributed by atoms with Crippen molar-refractivity contribution in [2.75, 3.05) is 16.3 Å². The van der Waals surface area contributed by atoms with Gasteiger partial charge in [-0.15, -0.1) is 0 Å². The van der Waals surface area contributed by atoms with E-state index in [2.05, 4.69) is 54.4 Å². The van der Waals surface area contributed by atoms with Crippen LogP contribution in [0.5, 0.6) is 11.5 Å². The van der Waals surface area contributed by atoms with Crippen molar-refractivity contribution < 1.29 is 21.6 Å². The molecule has 0 radical (unpaired) electrons. The van der Waals surface area contributed by atoms with E-state index in [-0.39, 0.29) is 70.6 Å². The van der Waals surface area contributed by atoms with Gasteiger partial charge in [0.2, 0.25) is 10.0 Å². The van der Waals surface area contributed by atoms with E-state index in [0.717, 1.165) is 18.2 Å². The SMILES string of the molecule is CC(C)(C)CC(C)(C)c1ccc(Oc2cc(NS(C)(=O)=O)c3c4c2nc(=O)/c(=C2/Nc5ccccc5S(=O)(=O)N2)c=4c2ccccc2c3=O)cc1. The van der Waals surface area contributed by atoms with Gasteiger partial charge >= 0.3 is 0 Å². The molecule has 1 aliphatic carbocycles. The highest BCUT2D eigenvalue weighted by atomic mass is 32.2. The van der Waals surface area contributed by atoms with E-state index >= 15 is 0 Å². The smallest absolute Gasteiger partial charge is 0.282 e. The molecule has 0 bridgehead atoms. The van der Waals surface area contributed by atoms with Crippen LogP contribution in [-0.4, -0.2) is 28.1 Å². The van der Waals surface area contributed by atoms with Crippen molar-refractivity contribution in [1.82, 2.24) is 9.71 Å². The topological polar surface area (TPSA) is 161 Å². The maximum atomic E-state index is 14.2. The van der Waals surface area contributed by atoms with Gasteiger partial charge in [0.15, 0.2) is 11.2 Å². The van der Waals surface area contributed by atoms with Crippen LogP contribution in [0.3, 0.4) is 0 Å². The molecular formula is C38H36N4O7S2. The normalized spacial score (nSPS) is 15.7. The van der Waals surface area contributed by atoms with Crippen LogP contribution in [0.2, 0.25) is 0 Å². The van der Waals surface area contributed by atoms with Crippen LogP contribution >= 0.6 is 0 Å². The zero-order chi connectivity index (χ0) is 36.7. The van der Waals surface area contributed by atoms with Gasteiger partial charge in [-0.05, 0) is 52.5 Å². The van der Waals surface area contributed by atoms with E-state index in [0.29, 0.717) is 11.1 Å². The molecule has 7 rings (SSSR count). The van der Waals surface area contributed by atoms with Crippen molar-refractivity contribution in [3.8, 4) is 11.5 Å². The molecule has 0 spiro atoms. The lowest BCUT2D eigenvalue weighted by Gasteiger charge is -2.33. The molecule has 0 aromatic heterocycles. The molecule has 0 amide bonds. The van der Waals surface area contributed by atoms with Crippen molar-refractivity contribution in [3.05, 3.63) is 121 Å². The first-order chi connectivity index (χ1) is 23.8. The Labute approximate surface area is 294 Å². The summed E-state index contributed by atoms with van der Waals surface area (Å²) in [5, 5.41) is 3.70. The van der Waals surface area contributed by atoms with Gasteiger partial charge in [-0.25, -0.2) is 21.8 Å². The number of hydrogen-bond acceptors (Lipinski definition) is 9. The van der Waals surface area contributed by atoms with Crippen molar-refractivity contribution in [3.63, 3.8) is 0 Å². The molecule has 262 valence electrons. The standard InChI is InChI=1S/C38H36N4O7S2/c1-37(2,3)20-38(4,5)21-15-17-22(18-16-21)49-27-19-26(41-50(6,45)46)30-31-29(23-11-7-8-12-24(23)34(30)43)32(36(44)40-33(27)31)35-39-25-13-9-10-14-28(25)51(47,48)42-35/h7-19,39,41-42H,20H2,1-6H3/b35-32-. The lowest BCUT2D eigenvalue weighted by atomic mass is 9.72. The van der Waals surface area contributed by atoms with Gasteiger partial charge in [0.25, 0.3) is 15.6 Å². The first kappa shape index (κ1) is 34.2. The molecule has 0 fully saturated rings. The van der Waals surface area contributed by atoms with E-state index in [1.807, 2.05) is 12.1 Å². The fourth-order valence-corrected chi connectivity index (χ4v) is 9.08. The maximum Gasteiger partial charge on any atom is 0.282 e. The molecule has 0 saturated carbocycles. The average Bonchev–Trinajstić information content (AvgIpc) is 3.02. The number of sulfonamides is 2. The number of anilines is 2. The number of aromatic nitrogens is 1. The molecule has 0 saturated heterocycles. The minimum absolute atomic E-state index is 0.00691. The Kier molecular flexibility index (Phi) is 7.80. The summed E-state index contributed by atoms with van der Waals surface area (Å²) in [6.45, 7) is 10.9. The second-order valence-electron chi connectivity index (χ2n) is 14.8. The van der Waals surface area contributed by atoms with Crippen molar-refractivity contribution in [1.29, 1.82) is 0 Å². The van der Waals surface area contributed by atoms with Crippen LogP contribution in [0.1, 0.15) is 46.6 Å². The minimum atomic E-state index is -4.12. The Bertz CT molecular complexity index is 2870. The highest BCUT2D eigenvalue weighted by Crippen LogP contribution is 2.39. The third-order valence-electron chi connectivity index (χ3n) is 8.91. The zero-order valence-corrected chi connectivity index (χ0v) is 30.5. The van der Waals surface area contributed by atoms with Gasteiger partial charge in [0, 0.05) is 21.9 Å². The Balaban J connectivity index is 1.57. The molecule has 3 aliphatic rings. The fraction of sp³-hybridized carbons (Fsp3) is 0.237. The quantitative estimate of drug-likeness (QED) is 0.206. The van der Waals surface area contributed by atoms with E-state index in [1.165, 1.54) is 12.1 Å². The maximum absolute atomic E-state index is 14.2. The number of nitrogens with zero attached hydrogens (tertiary/aromatic N) is 1. The summed E-state index contributed by atoms with van der Waals surface area (Å²) in [6.07, 6.45) is 1.89. The molecule has 0 unspecified atom stereocenters. The van der Waals surface area contributed by atoms with Gasteiger partial charge in [0.05, 0.1) is 28.2 Å². The summed E-state index contributed by atoms with van der Waals surface area (Å²) in [5.74, 6) is 0.253. The summed E-state index contributed by atoms with van der Waals surface area (Å²) < 4.78 is 63.5. The molecular weight excluding hydrogens is 689 g/mol. The van der Waals surface area contributed by atoms with Crippen LogP contribution in [0.25, 0.3) is 27.5 Å². The van der Waals surface area contributed by atoms with Crippen molar-refractivity contribution in [2.45, 2.75) is 51.3 Å². The van der Waals surface area contributed by atoms with Gasteiger partial charge in [0.1, 0.15) is 22.0 Å². The minimum Gasteiger partial charge on any atom is -0.455 e. The Morgan fingerprint density at radius 1 is 0.843 bits per heavy atom. The van der Waals surface area contributed by atoms with Crippen molar-refractivity contribution in [2.24, 2.45) is 5.41 Å². The van der Waals surface area contributed by atoms with Crippen LogP contribution in [0.15, 0.2) is 93.3 Å². The first-order valence-corrected chi connectivity index (χ1v) is 19.6. The first-order valence-electron chi connectivity index (χ1n) is 16.2. The number of fused-ring (bicyclic) bond motifs is 3. The molecule has 0 atom stereocenters. The predicted molar refractivity (Wildman–Crippen MR) is 199 cm³/mol.